The predicted molar refractivity (Wildman–Crippen MR) is 56.9 cm³/mol. The molecule has 0 saturated heterocycles. The van der Waals surface area contributed by atoms with Gasteiger partial charge in [0.15, 0.2) is 0 Å². The van der Waals surface area contributed by atoms with Crippen LogP contribution in [-0.2, 0) is 10.0 Å². The van der Waals surface area contributed by atoms with Gasteiger partial charge in [-0.15, -0.1) is 0 Å². The third kappa shape index (κ3) is 3.67. The minimum absolute atomic E-state index is 0.485. The lowest BCUT2D eigenvalue weighted by atomic mass is 10.3. The lowest BCUT2D eigenvalue weighted by Gasteiger charge is -2.18. The summed E-state index contributed by atoms with van der Waals surface area (Å²) in [6, 6.07) is 4.54. The van der Waals surface area contributed by atoms with E-state index in [-0.39, 0.29) is 0 Å². The largest absolute Gasteiger partial charge is 0.390 e. The Kier molecular flexibility index (Phi) is 4.33. The number of sulfonamides is 1. The van der Waals surface area contributed by atoms with Crippen molar-refractivity contribution in [1.29, 1.82) is 0 Å². The van der Waals surface area contributed by atoms with Crippen LogP contribution < -0.4 is 0 Å². The molecule has 0 amide bonds. The molecule has 1 aromatic rings. The van der Waals surface area contributed by atoms with Crippen LogP contribution in [0.3, 0.4) is 0 Å². The van der Waals surface area contributed by atoms with Gasteiger partial charge < -0.3 is 0 Å². The summed E-state index contributed by atoms with van der Waals surface area (Å²) < 4.78 is 73.3. The lowest BCUT2D eigenvalue weighted by molar-refractivity contribution is -0.135. The predicted octanol–water partition coefficient (Wildman–Crippen LogP) is 2.40. The van der Waals surface area contributed by atoms with Gasteiger partial charge in [0.1, 0.15) is 10.7 Å². The number of halogens is 4. The average Bonchev–Trinajstić information content (AvgIpc) is 2.25. The fourth-order valence-electron chi connectivity index (χ4n) is 1.23. The second-order valence-corrected chi connectivity index (χ2v) is 5.64. The van der Waals surface area contributed by atoms with Crippen molar-refractivity contribution in [2.45, 2.75) is 17.5 Å². The Bertz CT molecular complexity index is 513. The number of hydrogen-bond donors (Lipinski definition) is 0. The van der Waals surface area contributed by atoms with Crippen LogP contribution in [-0.4, -0.2) is 32.5 Å². The van der Waals surface area contributed by atoms with Crippen molar-refractivity contribution in [1.82, 2.24) is 4.31 Å². The maximum atomic E-state index is 13.3. The van der Waals surface area contributed by atoms with Crippen LogP contribution >= 0.6 is 0 Å². The van der Waals surface area contributed by atoms with Crippen LogP contribution in [0.1, 0.15) is 6.42 Å². The van der Waals surface area contributed by atoms with E-state index in [1.807, 2.05) is 0 Å². The second-order valence-electron chi connectivity index (χ2n) is 3.62. The number of rotatable bonds is 4. The van der Waals surface area contributed by atoms with Gasteiger partial charge in [-0.3, -0.25) is 0 Å². The number of benzene rings is 1. The van der Waals surface area contributed by atoms with E-state index >= 15 is 0 Å². The monoisotopic (exact) mass is 285 g/mol. The Morgan fingerprint density at radius 2 is 1.78 bits per heavy atom. The maximum Gasteiger partial charge on any atom is 0.390 e. The smallest absolute Gasteiger partial charge is 0.207 e. The first-order valence-corrected chi connectivity index (χ1v) is 6.36. The van der Waals surface area contributed by atoms with E-state index in [0.717, 1.165) is 19.2 Å². The highest BCUT2D eigenvalue weighted by Gasteiger charge is 2.31. The van der Waals surface area contributed by atoms with Crippen LogP contribution in [0.15, 0.2) is 29.2 Å². The fourth-order valence-corrected chi connectivity index (χ4v) is 2.46. The standard InChI is InChI=1S/C10H11F4NO2S/c1-15(7-6-10(12,13)14)18(16,17)9-5-3-2-4-8(9)11/h2-5H,6-7H2,1H3. The summed E-state index contributed by atoms with van der Waals surface area (Å²) >= 11 is 0. The summed E-state index contributed by atoms with van der Waals surface area (Å²) in [6.45, 7) is -0.750. The molecule has 0 fully saturated rings. The average molecular weight is 285 g/mol. The normalized spacial score (nSPS) is 13.0. The van der Waals surface area contributed by atoms with Gasteiger partial charge in [-0.25, -0.2) is 17.1 Å². The molecule has 0 unspecified atom stereocenters. The van der Waals surface area contributed by atoms with Gasteiger partial charge in [0.25, 0.3) is 0 Å². The summed E-state index contributed by atoms with van der Waals surface area (Å²) in [4.78, 5) is -0.630. The molecule has 0 spiro atoms. The summed E-state index contributed by atoms with van der Waals surface area (Å²) in [5, 5.41) is 0. The summed E-state index contributed by atoms with van der Waals surface area (Å²) in [5.74, 6) is -0.989. The van der Waals surface area contributed by atoms with Crippen molar-refractivity contribution in [2.24, 2.45) is 0 Å². The molecule has 1 rings (SSSR count). The zero-order chi connectivity index (χ0) is 14.0. The lowest BCUT2D eigenvalue weighted by Crippen LogP contribution is -2.31. The van der Waals surface area contributed by atoms with E-state index in [1.165, 1.54) is 12.1 Å². The Morgan fingerprint density at radius 3 is 2.28 bits per heavy atom. The second kappa shape index (κ2) is 5.23. The molecular formula is C10H11F4NO2S. The molecule has 0 aliphatic heterocycles. The van der Waals surface area contributed by atoms with E-state index < -0.39 is 39.9 Å². The molecule has 0 N–H and O–H groups in total. The first kappa shape index (κ1) is 14.9. The molecule has 0 aliphatic carbocycles. The Balaban J connectivity index is 2.91. The van der Waals surface area contributed by atoms with Gasteiger partial charge in [0, 0.05) is 13.6 Å². The molecule has 0 saturated carbocycles. The number of nitrogens with zero attached hydrogens (tertiary/aromatic N) is 1. The van der Waals surface area contributed by atoms with E-state index in [9.17, 15) is 26.0 Å². The minimum atomic E-state index is -4.46. The summed E-state index contributed by atoms with van der Waals surface area (Å²) in [5.41, 5.74) is 0. The first-order valence-electron chi connectivity index (χ1n) is 4.92. The van der Waals surface area contributed by atoms with E-state index in [0.29, 0.717) is 4.31 Å². The van der Waals surface area contributed by atoms with Crippen LogP contribution in [0.5, 0.6) is 0 Å². The SMILES string of the molecule is CN(CCC(F)(F)F)S(=O)(=O)c1ccccc1F. The molecule has 3 nitrogen and oxygen atoms in total. The summed E-state index contributed by atoms with van der Waals surface area (Å²) in [6.07, 6.45) is -5.74. The number of alkyl halides is 3. The van der Waals surface area contributed by atoms with Crippen LogP contribution in [0.2, 0.25) is 0 Å². The van der Waals surface area contributed by atoms with Crippen LogP contribution in [0, 0.1) is 5.82 Å². The first-order chi connectivity index (χ1) is 8.14. The van der Waals surface area contributed by atoms with Gasteiger partial charge in [-0.1, -0.05) is 12.1 Å². The Labute approximate surface area is 102 Å². The van der Waals surface area contributed by atoms with Crippen LogP contribution in [0.4, 0.5) is 17.6 Å². The van der Waals surface area contributed by atoms with Crippen molar-refractivity contribution in [3.63, 3.8) is 0 Å². The molecule has 0 aliphatic rings. The zero-order valence-corrected chi connectivity index (χ0v) is 10.2. The van der Waals surface area contributed by atoms with Crippen molar-refractivity contribution in [2.75, 3.05) is 13.6 Å². The molecular weight excluding hydrogens is 274 g/mol. The third-order valence-corrected chi connectivity index (χ3v) is 4.13. The zero-order valence-electron chi connectivity index (χ0n) is 9.41. The van der Waals surface area contributed by atoms with Gasteiger partial charge >= 0.3 is 6.18 Å². The molecule has 18 heavy (non-hydrogen) atoms. The molecule has 102 valence electrons. The van der Waals surface area contributed by atoms with Crippen molar-refractivity contribution < 1.29 is 26.0 Å². The van der Waals surface area contributed by atoms with Crippen molar-refractivity contribution in [3.8, 4) is 0 Å². The fraction of sp³-hybridized carbons (Fsp3) is 0.400. The third-order valence-electron chi connectivity index (χ3n) is 2.24. The maximum absolute atomic E-state index is 13.3. The topological polar surface area (TPSA) is 37.4 Å². The van der Waals surface area contributed by atoms with Gasteiger partial charge in [0.2, 0.25) is 10.0 Å². The highest BCUT2D eigenvalue weighted by atomic mass is 32.2. The van der Waals surface area contributed by atoms with E-state index in [2.05, 4.69) is 0 Å². The van der Waals surface area contributed by atoms with Gasteiger partial charge in [0.05, 0.1) is 6.42 Å². The highest BCUT2D eigenvalue weighted by molar-refractivity contribution is 7.89. The molecule has 0 bridgehead atoms. The molecule has 0 aromatic heterocycles. The molecule has 0 heterocycles. The summed E-state index contributed by atoms with van der Waals surface area (Å²) in [7, 11) is -3.25. The van der Waals surface area contributed by atoms with Crippen molar-refractivity contribution in [3.05, 3.63) is 30.1 Å². The molecule has 8 heteroatoms. The van der Waals surface area contributed by atoms with E-state index in [1.54, 1.807) is 0 Å². The van der Waals surface area contributed by atoms with Gasteiger partial charge in [-0.2, -0.15) is 13.2 Å². The number of hydrogen-bond acceptors (Lipinski definition) is 2. The molecule has 1 aromatic carbocycles. The quantitative estimate of drug-likeness (QED) is 0.797. The molecule has 0 radical (unpaired) electrons. The Morgan fingerprint density at radius 1 is 1.22 bits per heavy atom. The van der Waals surface area contributed by atoms with Gasteiger partial charge in [-0.05, 0) is 12.1 Å². The van der Waals surface area contributed by atoms with Crippen molar-refractivity contribution >= 4 is 10.0 Å². The highest BCUT2D eigenvalue weighted by Crippen LogP contribution is 2.22. The van der Waals surface area contributed by atoms with Crippen LogP contribution in [0.25, 0.3) is 0 Å². The van der Waals surface area contributed by atoms with E-state index in [4.69, 9.17) is 0 Å². The molecule has 0 atom stereocenters. The Hall–Kier alpha value is -1.15. The minimum Gasteiger partial charge on any atom is -0.207 e.